The van der Waals surface area contributed by atoms with Gasteiger partial charge < -0.3 is 10.1 Å². The summed E-state index contributed by atoms with van der Waals surface area (Å²) in [5, 5.41) is 3.34. The molecule has 0 radical (unpaired) electrons. The molecule has 2 heterocycles. The van der Waals surface area contributed by atoms with Crippen molar-refractivity contribution in [2.45, 2.75) is 39.0 Å². The largest absolute Gasteiger partial charge is 0.381 e. The van der Waals surface area contributed by atoms with Gasteiger partial charge in [-0.2, -0.15) is 0 Å². The highest BCUT2D eigenvalue weighted by Gasteiger charge is 2.20. The normalized spacial score (nSPS) is 19.8. The summed E-state index contributed by atoms with van der Waals surface area (Å²) >= 11 is 3.55. The Kier molecular flexibility index (Phi) is 4.95. The first kappa shape index (κ1) is 13.7. The zero-order valence-corrected chi connectivity index (χ0v) is 12.6. The predicted octanol–water partition coefficient (Wildman–Crippen LogP) is 3.26. The second-order valence-corrected chi connectivity index (χ2v) is 5.46. The second-order valence-electron chi connectivity index (χ2n) is 4.67. The zero-order chi connectivity index (χ0) is 13.0. The average Bonchev–Trinajstić information content (AvgIpc) is 2.41. The van der Waals surface area contributed by atoms with E-state index in [0.717, 1.165) is 60.8 Å². The van der Waals surface area contributed by atoms with Gasteiger partial charge in [0.2, 0.25) is 0 Å². The summed E-state index contributed by atoms with van der Waals surface area (Å²) in [6, 6.07) is 0. The van der Waals surface area contributed by atoms with Gasteiger partial charge in [0.05, 0.1) is 16.8 Å². The van der Waals surface area contributed by atoms with Gasteiger partial charge in [-0.3, -0.25) is 0 Å². The van der Waals surface area contributed by atoms with Gasteiger partial charge in [-0.1, -0.05) is 6.92 Å². The molecule has 1 aromatic rings. The first-order valence-corrected chi connectivity index (χ1v) is 7.37. The standard InChI is InChI=1S/C13H20BrN3O/c1-3-6-15-13-11(14)9(2)16-12(17-13)10-5-4-7-18-8-10/h10H,3-8H2,1-2H3,(H,15,16,17). The Morgan fingerprint density at radius 2 is 2.28 bits per heavy atom. The Labute approximate surface area is 117 Å². The average molecular weight is 314 g/mol. The third kappa shape index (κ3) is 3.20. The van der Waals surface area contributed by atoms with Crippen molar-refractivity contribution in [1.29, 1.82) is 0 Å². The van der Waals surface area contributed by atoms with Gasteiger partial charge in [0.15, 0.2) is 0 Å². The highest BCUT2D eigenvalue weighted by molar-refractivity contribution is 9.10. The molecule has 0 saturated carbocycles. The summed E-state index contributed by atoms with van der Waals surface area (Å²) in [5.41, 5.74) is 0.990. The van der Waals surface area contributed by atoms with Crippen LogP contribution >= 0.6 is 15.9 Å². The maximum atomic E-state index is 5.52. The summed E-state index contributed by atoms with van der Waals surface area (Å²) in [5.74, 6) is 2.16. The van der Waals surface area contributed by atoms with Crippen LogP contribution in [0.15, 0.2) is 4.47 Å². The van der Waals surface area contributed by atoms with E-state index < -0.39 is 0 Å². The Morgan fingerprint density at radius 1 is 1.44 bits per heavy atom. The van der Waals surface area contributed by atoms with E-state index in [4.69, 9.17) is 4.74 Å². The Morgan fingerprint density at radius 3 is 2.94 bits per heavy atom. The number of aryl methyl sites for hydroxylation is 1. The fourth-order valence-electron chi connectivity index (χ4n) is 2.07. The molecular formula is C13H20BrN3O. The highest BCUT2D eigenvalue weighted by Crippen LogP contribution is 2.28. The summed E-state index contributed by atoms with van der Waals surface area (Å²) in [4.78, 5) is 9.23. The van der Waals surface area contributed by atoms with Crippen LogP contribution in [0.25, 0.3) is 0 Å². The molecule has 0 amide bonds. The molecule has 0 aliphatic carbocycles. The fraction of sp³-hybridized carbons (Fsp3) is 0.692. The second kappa shape index (κ2) is 6.48. The number of nitrogens with zero attached hydrogens (tertiary/aromatic N) is 2. The van der Waals surface area contributed by atoms with Gasteiger partial charge in [-0.15, -0.1) is 0 Å². The van der Waals surface area contributed by atoms with Crippen molar-refractivity contribution < 1.29 is 4.74 Å². The van der Waals surface area contributed by atoms with Gasteiger partial charge in [0.25, 0.3) is 0 Å². The first-order chi connectivity index (χ1) is 8.72. The minimum atomic E-state index is 0.340. The summed E-state index contributed by atoms with van der Waals surface area (Å²) < 4.78 is 6.48. The van der Waals surface area contributed by atoms with E-state index in [1.807, 2.05) is 6.92 Å². The van der Waals surface area contributed by atoms with Crippen molar-refractivity contribution in [2.75, 3.05) is 25.1 Å². The SMILES string of the molecule is CCCNc1nc(C2CCCOC2)nc(C)c1Br. The van der Waals surface area contributed by atoms with Crippen molar-refractivity contribution in [3.05, 3.63) is 16.0 Å². The van der Waals surface area contributed by atoms with E-state index >= 15 is 0 Å². The van der Waals surface area contributed by atoms with Crippen LogP contribution in [0.5, 0.6) is 0 Å². The van der Waals surface area contributed by atoms with Gasteiger partial charge >= 0.3 is 0 Å². The molecule has 1 atom stereocenters. The number of nitrogens with one attached hydrogen (secondary N) is 1. The summed E-state index contributed by atoms with van der Waals surface area (Å²) in [6.07, 6.45) is 3.30. The van der Waals surface area contributed by atoms with E-state index in [1.54, 1.807) is 0 Å². The van der Waals surface area contributed by atoms with Crippen molar-refractivity contribution in [3.8, 4) is 0 Å². The van der Waals surface area contributed by atoms with E-state index in [9.17, 15) is 0 Å². The van der Waals surface area contributed by atoms with Crippen molar-refractivity contribution in [3.63, 3.8) is 0 Å². The van der Waals surface area contributed by atoms with Crippen LogP contribution in [0.2, 0.25) is 0 Å². The third-order valence-corrected chi connectivity index (χ3v) is 4.05. The van der Waals surface area contributed by atoms with E-state index in [2.05, 4.69) is 38.1 Å². The molecule has 1 aliphatic rings. The predicted molar refractivity (Wildman–Crippen MR) is 76.0 cm³/mol. The Balaban J connectivity index is 2.22. The number of anilines is 1. The Bertz CT molecular complexity index is 405. The van der Waals surface area contributed by atoms with Crippen LogP contribution in [0.3, 0.4) is 0 Å². The van der Waals surface area contributed by atoms with Gasteiger partial charge in [0.1, 0.15) is 11.6 Å². The lowest BCUT2D eigenvalue weighted by Gasteiger charge is -2.22. The molecule has 0 bridgehead atoms. The highest BCUT2D eigenvalue weighted by atomic mass is 79.9. The molecule has 1 fully saturated rings. The molecule has 18 heavy (non-hydrogen) atoms. The number of halogens is 1. The molecule has 1 aromatic heterocycles. The molecule has 0 spiro atoms. The van der Waals surface area contributed by atoms with Gasteiger partial charge in [-0.05, 0) is 42.1 Å². The summed E-state index contributed by atoms with van der Waals surface area (Å²) in [6.45, 7) is 6.69. The Hall–Kier alpha value is -0.680. The molecule has 5 heteroatoms. The molecule has 1 unspecified atom stereocenters. The maximum absolute atomic E-state index is 5.52. The molecule has 1 N–H and O–H groups in total. The molecule has 100 valence electrons. The lowest BCUT2D eigenvalue weighted by Crippen LogP contribution is -2.19. The van der Waals surface area contributed by atoms with Crippen LogP contribution in [0.4, 0.5) is 5.82 Å². The quantitative estimate of drug-likeness (QED) is 0.926. The van der Waals surface area contributed by atoms with Gasteiger partial charge in [0, 0.05) is 19.1 Å². The van der Waals surface area contributed by atoms with E-state index in [1.165, 1.54) is 0 Å². The number of ether oxygens (including phenoxy) is 1. The topological polar surface area (TPSA) is 47.0 Å². The number of hydrogen-bond donors (Lipinski definition) is 1. The van der Waals surface area contributed by atoms with Crippen molar-refractivity contribution >= 4 is 21.7 Å². The smallest absolute Gasteiger partial charge is 0.144 e. The number of aromatic nitrogens is 2. The first-order valence-electron chi connectivity index (χ1n) is 6.58. The van der Waals surface area contributed by atoms with Crippen LogP contribution < -0.4 is 5.32 Å². The fourth-order valence-corrected chi connectivity index (χ4v) is 2.39. The monoisotopic (exact) mass is 313 g/mol. The third-order valence-electron chi connectivity index (χ3n) is 3.10. The maximum Gasteiger partial charge on any atom is 0.144 e. The van der Waals surface area contributed by atoms with Crippen LogP contribution in [-0.2, 0) is 4.74 Å². The minimum Gasteiger partial charge on any atom is -0.381 e. The van der Waals surface area contributed by atoms with Gasteiger partial charge in [-0.25, -0.2) is 9.97 Å². The van der Waals surface area contributed by atoms with Crippen LogP contribution in [0.1, 0.15) is 43.6 Å². The van der Waals surface area contributed by atoms with Crippen LogP contribution in [0, 0.1) is 6.92 Å². The number of hydrogen-bond acceptors (Lipinski definition) is 4. The summed E-state index contributed by atoms with van der Waals surface area (Å²) in [7, 11) is 0. The zero-order valence-electron chi connectivity index (χ0n) is 11.0. The van der Waals surface area contributed by atoms with Crippen molar-refractivity contribution in [1.82, 2.24) is 9.97 Å². The number of rotatable bonds is 4. The molecule has 2 rings (SSSR count). The molecule has 0 aromatic carbocycles. The minimum absolute atomic E-state index is 0.340. The molecular weight excluding hydrogens is 294 g/mol. The van der Waals surface area contributed by atoms with E-state index in [0.29, 0.717) is 5.92 Å². The van der Waals surface area contributed by atoms with E-state index in [-0.39, 0.29) is 0 Å². The molecule has 1 saturated heterocycles. The molecule has 4 nitrogen and oxygen atoms in total. The lowest BCUT2D eigenvalue weighted by atomic mass is 10.0. The lowest BCUT2D eigenvalue weighted by molar-refractivity contribution is 0.0780. The van der Waals surface area contributed by atoms with Crippen LogP contribution in [-0.4, -0.2) is 29.7 Å². The van der Waals surface area contributed by atoms with Crippen molar-refractivity contribution in [2.24, 2.45) is 0 Å². The molecule has 1 aliphatic heterocycles.